The number of amidine groups is 1. The highest BCUT2D eigenvalue weighted by atomic mass is 16.5. The van der Waals surface area contributed by atoms with E-state index in [2.05, 4.69) is 15.3 Å². The van der Waals surface area contributed by atoms with Crippen molar-refractivity contribution in [3.63, 3.8) is 0 Å². The molecule has 0 saturated heterocycles. The normalized spacial score (nSPS) is 10.8. The smallest absolute Gasteiger partial charge is 0.323 e. The van der Waals surface area contributed by atoms with E-state index < -0.39 is 6.03 Å². The minimum absolute atomic E-state index is 0.0496. The average Bonchev–Trinajstić information content (AvgIpc) is 3.43. The molecule has 0 aliphatic heterocycles. The number of ether oxygens (including phenoxy) is 2. The van der Waals surface area contributed by atoms with E-state index in [-0.39, 0.29) is 12.6 Å². The van der Waals surface area contributed by atoms with Crippen LogP contribution in [0.3, 0.4) is 0 Å². The van der Waals surface area contributed by atoms with E-state index in [1.165, 1.54) is 18.4 Å². The maximum absolute atomic E-state index is 12.5. The van der Waals surface area contributed by atoms with Crippen molar-refractivity contribution in [3.8, 4) is 29.0 Å². The van der Waals surface area contributed by atoms with Crippen molar-refractivity contribution in [2.45, 2.75) is 6.54 Å². The molecule has 10 heteroatoms. The number of urea groups is 1. The van der Waals surface area contributed by atoms with Crippen LogP contribution >= 0.6 is 0 Å². The van der Waals surface area contributed by atoms with Gasteiger partial charge in [0.2, 0.25) is 0 Å². The first kappa shape index (κ1) is 23.8. The molecule has 1 heterocycles. The Morgan fingerprint density at radius 3 is 2.64 bits per heavy atom. The van der Waals surface area contributed by atoms with Crippen molar-refractivity contribution in [2.24, 2.45) is 10.7 Å². The Bertz CT molecular complexity index is 1400. The fourth-order valence-electron chi connectivity index (χ4n) is 3.48. The van der Waals surface area contributed by atoms with Crippen molar-refractivity contribution in [1.82, 2.24) is 10.3 Å². The Balaban J connectivity index is 1.60. The van der Waals surface area contributed by atoms with Gasteiger partial charge in [-0.15, -0.1) is 0 Å². The van der Waals surface area contributed by atoms with E-state index in [1.807, 2.05) is 30.5 Å². The van der Waals surface area contributed by atoms with Gasteiger partial charge in [-0.2, -0.15) is 5.26 Å². The molecule has 180 valence electrons. The third-order valence-electron chi connectivity index (χ3n) is 5.06. The fraction of sp³-hybridized carbons (Fsp3) is 0.0769. The van der Waals surface area contributed by atoms with E-state index in [9.17, 15) is 4.79 Å². The first-order valence-electron chi connectivity index (χ1n) is 10.8. The van der Waals surface area contributed by atoms with E-state index in [0.29, 0.717) is 34.2 Å². The van der Waals surface area contributed by atoms with Gasteiger partial charge >= 0.3 is 12.1 Å². The molecule has 3 aromatic carbocycles. The van der Waals surface area contributed by atoms with Gasteiger partial charge in [-0.25, -0.2) is 20.1 Å². The van der Waals surface area contributed by atoms with Crippen molar-refractivity contribution >= 4 is 23.4 Å². The maximum atomic E-state index is 12.5. The average molecular weight is 483 g/mol. The van der Waals surface area contributed by atoms with Gasteiger partial charge < -0.3 is 19.6 Å². The largest absolute Gasteiger partial charge is 0.496 e. The second kappa shape index (κ2) is 11.2. The molecule has 3 N–H and O–H groups in total. The number of para-hydroxylation sites is 1. The highest BCUT2D eigenvalue weighted by molar-refractivity contribution is 5.99. The van der Waals surface area contributed by atoms with Crippen molar-refractivity contribution < 1.29 is 18.7 Å². The number of anilines is 2. The molecule has 0 bridgehead atoms. The second-order valence-corrected chi connectivity index (χ2v) is 7.37. The molecule has 0 saturated carbocycles. The zero-order chi connectivity index (χ0) is 25.3. The van der Waals surface area contributed by atoms with Crippen LogP contribution in [0.2, 0.25) is 0 Å². The summed E-state index contributed by atoms with van der Waals surface area (Å²) >= 11 is 0. The van der Waals surface area contributed by atoms with Gasteiger partial charge in [-0.3, -0.25) is 4.90 Å². The van der Waals surface area contributed by atoms with Crippen molar-refractivity contribution in [1.29, 1.82) is 5.26 Å². The van der Waals surface area contributed by atoms with E-state index in [1.54, 1.807) is 54.7 Å². The summed E-state index contributed by atoms with van der Waals surface area (Å²) in [6, 6.07) is 20.7. The van der Waals surface area contributed by atoms with Crippen LogP contribution in [0, 0.1) is 11.5 Å². The van der Waals surface area contributed by atoms with Gasteiger partial charge in [0.1, 0.15) is 11.5 Å². The van der Waals surface area contributed by atoms with Crippen LogP contribution in [0.4, 0.5) is 16.2 Å². The van der Waals surface area contributed by atoms with Crippen LogP contribution in [0.5, 0.6) is 11.5 Å². The lowest BCUT2D eigenvalue weighted by molar-refractivity contribution is 0.256. The number of amides is 2. The monoisotopic (exact) mass is 482 g/mol. The molecule has 0 fully saturated rings. The number of aliphatic imine (C=N–C) groups is 1. The van der Waals surface area contributed by atoms with Gasteiger partial charge in [0, 0.05) is 6.07 Å². The molecular weight excluding hydrogens is 460 g/mol. The quantitative estimate of drug-likeness (QED) is 0.170. The summed E-state index contributed by atoms with van der Waals surface area (Å²) < 4.78 is 16.5. The Morgan fingerprint density at radius 2 is 1.94 bits per heavy atom. The maximum Gasteiger partial charge on any atom is 0.323 e. The number of nitrogens with one attached hydrogen (secondary N) is 1. The number of primary amides is 1. The molecular formula is C26H22N6O4. The molecule has 0 aliphatic carbocycles. The molecule has 0 spiro atoms. The number of nitrogens with two attached hydrogens (primary N) is 1. The summed E-state index contributed by atoms with van der Waals surface area (Å²) in [6.45, 7) is 0.186. The van der Waals surface area contributed by atoms with Gasteiger partial charge in [-0.05, 0) is 42.0 Å². The molecule has 2 amide bonds. The summed E-state index contributed by atoms with van der Waals surface area (Å²) in [6.07, 6.45) is 4.72. The van der Waals surface area contributed by atoms with Gasteiger partial charge in [0.25, 0.3) is 0 Å². The fourth-order valence-corrected chi connectivity index (χ4v) is 3.48. The van der Waals surface area contributed by atoms with Gasteiger partial charge in [0.15, 0.2) is 18.3 Å². The molecule has 10 nitrogen and oxygen atoms in total. The Labute approximate surface area is 207 Å². The molecule has 0 atom stereocenters. The number of benzene rings is 3. The molecule has 4 rings (SSSR count). The number of nitrogens with zero attached hydrogens (tertiary/aromatic N) is 4. The predicted octanol–water partition coefficient (Wildman–Crippen LogP) is 4.57. The zero-order valence-electron chi connectivity index (χ0n) is 19.3. The van der Waals surface area contributed by atoms with E-state index in [4.69, 9.17) is 24.9 Å². The summed E-state index contributed by atoms with van der Waals surface area (Å²) in [5.41, 5.74) is 8.22. The number of carbonyl (C=O) groups is 1. The van der Waals surface area contributed by atoms with Crippen LogP contribution in [-0.2, 0) is 6.54 Å². The summed E-state index contributed by atoms with van der Waals surface area (Å²) in [4.78, 5) is 22.1. The Hall–Kier alpha value is -5.30. The highest BCUT2D eigenvalue weighted by Gasteiger charge is 2.19. The van der Waals surface area contributed by atoms with Crippen molar-refractivity contribution in [2.75, 3.05) is 12.0 Å². The number of methoxy groups -OCH3 is 1. The third kappa shape index (κ3) is 5.60. The van der Waals surface area contributed by atoms with Crippen LogP contribution in [-0.4, -0.2) is 24.1 Å². The molecule has 1 aromatic heterocycles. The molecule has 0 unspecified atom stereocenters. The number of oxazole rings is 1. The second-order valence-electron chi connectivity index (χ2n) is 7.37. The molecule has 0 aliphatic rings. The van der Waals surface area contributed by atoms with E-state index in [0.717, 1.165) is 5.56 Å². The number of carbonyl (C=O) groups excluding carboxylic acids is 1. The summed E-state index contributed by atoms with van der Waals surface area (Å²) in [7, 11) is 1.52. The predicted molar refractivity (Wildman–Crippen MR) is 134 cm³/mol. The Kier molecular flexibility index (Phi) is 7.43. The van der Waals surface area contributed by atoms with Crippen LogP contribution in [0.25, 0.3) is 11.3 Å². The minimum atomic E-state index is -0.677. The zero-order valence-corrected chi connectivity index (χ0v) is 19.3. The third-order valence-corrected chi connectivity index (χ3v) is 5.06. The standard InChI is InChI=1S/C26H22N6O4/c1-34-23-13-20(10-11-22(23)24-15-29-17-35-24)32(25(28)33)19-7-5-6-18(12-19)14-30-26(31-16-27)36-21-8-3-2-4-9-21/h2-13,15,17H,14H2,1H3,(H2,28,33)(H,30,31). The Morgan fingerprint density at radius 1 is 1.14 bits per heavy atom. The summed E-state index contributed by atoms with van der Waals surface area (Å²) in [5, 5.41) is 11.5. The van der Waals surface area contributed by atoms with E-state index >= 15 is 0 Å². The lowest BCUT2D eigenvalue weighted by Crippen LogP contribution is -2.31. The lowest BCUT2D eigenvalue weighted by Gasteiger charge is -2.22. The van der Waals surface area contributed by atoms with Gasteiger partial charge in [0.05, 0.1) is 36.8 Å². The van der Waals surface area contributed by atoms with Crippen molar-refractivity contribution in [3.05, 3.63) is 91.0 Å². The van der Waals surface area contributed by atoms with Gasteiger partial charge in [-0.1, -0.05) is 30.3 Å². The molecule has 4 aromatic rings. The number of hydrogen-bond donors (Lipinski definition) is 2. The number of nitriles is 1. The first-order valence-corrected chi connectivity index (χ1v) is 10.8. The SMILES string of the molecule is COc1cc(N(C(N)=O)c2cccc(C/N=C(\NC#N)Oc3ccccc3)c2)ccc1-c1cnco1. The van der Waals surface area contributed by atoms with Crippen LogP contribution in [0.1, 0.15) is 5.56 Å². The summed E-state index contributed by atoms with van der Waals surface area (Å²) in [5.74, 6) is 1.56. The first-order chi connectivity index (χ1) is 17.6. The lowest BCUT2D eigenvalue weighted by atomic mass is 10.1. The number of rotatable bonds is 7. The topological polar surface area (TPSA) is 139 Å². The number of hydrogen-bond acceptors (Lipinski definition) is 7. The van der Waals surface area contributed by atoms with Crippen LogP contribution < -0.4 is 25.4 Å². The highest BCUT2D eigenvalue weighted by Crippen LogP contribution is 2.36. The van der Waals surface area contributed by atoms with Crippen LogP contribution in [0.15, 0.2) is 94.8 Å². The molecule has 36 heavy (non-hydrogen) atoms. The minimum Gasteiger partial charge on any atom is -0.496 e. The molecule has 0 radical (unpaired) electrons. The number of aromatic nitrogens is 1.